The van der Waals surface area contributed by atoms with Crippen molar-refractivity contribution >= 4 is 5.91 Å². The van der Waals surface area contributed by atoms with E-state index in [1.54, 1.807) is 19.4 Å². The van der Waals surface area contributed by atoms with Crippen LogP contribution in [0.25, 0.3) is 11.1 Å². The van der Waals surface area contributed by atoms with Gasteiger partial charge in [0.05, 0.1) is 6.42 Å². The monoisotopic (exact) mass is 226 g/mol. The minimum absolute atomic E-state index is 0.0293. The third-order valence-corrected chi connectivity index (χ3v) is 2.61. The van der Waals surface area contributed by atoms with Gasteiger partial charge in [0.2, 0.25) is 5.91 Å². The predicted octanol–water partition coefficient (Wildman–Crippen LogP) is 2.04. The number of pyridine rings is 1. The van der Waals surface area contributed by atoms with E-state index in [4.69, 9.17) is 0 Å². The van der Waals surface area contributed by atoms with Gasteiger partial charge in [-0.05, 0) is 28.8 Å². The van der Waals surface area contributed by atoms with Gasteiger partial charge in [-0.25, -0.2) is 0 Å². The van der Waals surface area contributed by atoms with Crippen molar-refractivity contribution in [3.63, 3.8) is 0 Å². The Morgan fingerprint density at radius 1 is 1.06 bits per heavy atom. The van der Waals surface area contributed by atoms with Gasteiger partial charge >= 0.3 is 0 Å². The number of hydrogen-bond donors (Lipinski definition) is 1. The Bertz CT molecular complexity index is 491. The fourth-order valence-electron chi connectivity index (χ4n) is 1.63. The van der Waals surface area contributed by atoms with Gasteiger partial charge in [-0.1, -0.05) is 24.3 Å². The summed E-state index contributed by atoms with van der Waals surface area (Å²) in [6.07, 6.45) is 3.97. The van der Waals surface area contributed by atoms with E-state index in [1.165, 1.54) is 0 Å². The Morgan fingerprint density at radius 2 is 1.65 bits per heavy atom. The molecule has 0 aliphatic heterocycles. The SMILES string of the molecule is CNC(=O)Cc1ccc(-c2ccncc2)cc1. The van der Waals surface area contributed by atoms with Crippen molar-refractivity contribution in [2.24, 2.45) is 0 Å². The summed E-state index contributed by atoms with van der Waals surface area (Å²) in [5.74, 6) is 0.0293. The van der Waals surface area contributed by atoms with Gasteiger partial charge in [0.25, 0.3) is 0 Å². The number of amides is 1. The van der Waals surface area contributed by atoms with E-state index >= 15 is 0 Å². The summed E-state index contributed by atoms with van der Waals surface area (Å²) in [6, 6.07) is 11.9. The molecular weight excluding hydrogens is 212 g/mol. The molecule has 2 aromatic rings. The molecular formula is C14H14N2O. The molecule has 0 radical (unpaired) electrons. The number of hydrogen-bond acceptors (Lipinski definition) is 2. The molecule has 1 amide bonds. The Balaban J connectivity index is 2.16. The van der Waals surface area contributed by atoms with Crippen LogP contribution in [0.2, 0.25) is 0 Å². The molecule has 1 aromatic heterocycles. The molecule has 86 valence electrons. The van der Waals surface area contributed by atoms with E-state index in [9.17, 15) is 4.79 Å². The molecule has 1 N–H and O–H groups in total. The van der Waals surface area contributed by atoms with Gasteiger partial charge in [-0.2, -0.15) is 0 Å². The van der Waals surface area contributed by atoms with Crippen LogP contribution in [-0.2, 0) is 11.2 Å². The molecule has 0 bridgehead atoms. The largest absolute Gasteiger partial charge is 0.359 e. The first kappa shape index (κ1) is 11.3. The number of benzene rings is 1. The molecule has 2 rings (SSSR count). The maximum Gasteiger partial charge on any atom is 0.224 e. The minimum Gasteiger partial charge on any atom is -0.359 e. The van der Waals surface area contributed by atoms with E-state index < -0.39 is 0 Å². The average molecular weight is 226 g/mol. The van der Waals surface area contributed by atoms with Crippen molar-refractivity contribution in [1.29, 1.82) is 0 Å². The van der Waals surface area contributed by atoms with Crippen LogP contribution < -0.4 is 5.32 Å². The lowest BCUT2D eigenvalue weighted by Gasteiger charge is -2.03. The van der Waals surface area contributed by atoms with E-state index in [-0.39, 0.29) is 5.91 Å². The lowest BCUT2D eigenvalue weighted by molar-refractivity contribution is -0.119. The number of carbonyl (C=O) groups excluding carboxylic acids is 1. The molecule has 3 heteroatoms. The zero-order chi connectivity index (χ0) is 12.1. The summed E-state index contributed by atoms with van der Waals surface area (Å²) in [5.41, 5.74) is 3.28. The summed E-state index contributed by atoms with van der Waals surface area (Å²) in [5, 5.41) is 2.61. The van der Waals surface area contributed by atoms with Crippen LogP contribution in [-0.4, -0.2) is 17.9 Å². The molecule has 0 saturated carbocycles. The third kappa shape index (κ3) is 2.91. The van der Waals surface area contributed by atoms with Gasteiger partial charge in [0.1, 0.15) is 0 Å². The van der Waals surface area contributed by atoms with Crippen molar-refractivity contribution in [3.8, 4) is 11.1 Å². The highest BCUT2D eigenvalue weighted by molar-refractivity contribution is 5.78. The smallest absolute Gasteiger partial charge is 0.224 e. The van der Waals surface area contributed by atoms with Crippen LogP contribution in [0.5, 0.6) is 0 Å². The van der Waals surface area contributed by atoms with Crippen molar-refractivity contribution in [1.82, 2.24) is 10.3 Å². The number of aromatic nitrogens is 1. The van der Waals surface area contributed by atoms with Gasteiger partial charge in [0.15, 0.2) is 0 Å². The molecule has 1 aromatic carbocycles. The molecule has 17 heavy (non-hydrogen) atoms. The molecule has 0 atom stereocenters. The lowest BCUT2D eigenvalue weighted by atomic mass is 10.0. The third-order valence-electron chi connectivity index (χ3n) is 2.61. The maximum absolute atomic E-state index is 11.2. The number of nitrogens with one attached hydrogen (secondary N) is 1. The summed E-state index contributed by atoms with van der Waals surface area (Å²) in [6.45, 7) is 0. The van der Waals surface area contributed by atoms with Crippen molar-refractivity contribution < 1.29 is 4.79 Å². The maximum atomic E-state index is 11.2. The van der Waals surface area contributed by atoms with Crippen molar-refractivity contribution in [3.05, 3.63) is 54.4 Å². The average Bonchev–Trinajstić information content (AvgIpc) is 2.40. The molecule has 3 nitrogen and oxygen atoms in total. The Labute approximate surface area is 101 Å². The zero-order valence-corrected chi connectivity index (χ0v) is 9.68. The Hall–Kier alpha value is -2.16. The Kier molecular flexibility index (Phi) is 3.50. The van der Waals surface area contributed by atoms with Crippen molar-refractivity contribution in [2.45, 2.75) is 6.42 Å². The second kappa shape index (κ2) is 5.25. The van der Waals surface area contributed by atoms with Crippen LogP contribution in [0.4, 0.5) is 0 Å². The van der Waals surface area contributed by atoms with Crippen LogP contribution in [0.15, 0.2) is 48.8 Å². The summed E-state index contributed by atoms with van der Waals surface area (Å²) in [7, 11) is 1.65. The molecule has 0 spiro atoms. The number of carbonyl (C=O) groups is 1. The minimum atomic E-state index is 0.0293. The summed E-state index contributed by atoms with van der Waals surface area (Å²) >= 11 is 0. The highest BCUT2D eigenvalue weighted by Gasteiger charge is 2.01. The number of likely N-dealkylation sites (N-methyl/N-ethyl adjacent to an activating group) is 1. The van der Waals surface area contributed by atoms with Crippen LogP contribution >= 0.6 is 0 Å². The quantitative estimate of drug-likeness (QED) is 0.870. The van der Waals surface area contributed by atoms with Crippen LogP contribution in [0, 0.1) is 0 Å². The fraction of sp³-hybridized carbons (Fsp3) is 0.143. The summed E-state index contributed by atoms with van der Waals surface area (Å²) < 4.78 is 0. The zero-order valence-electron chi connectivity index (χ0n) is 9.68. The first-order chi connectivity index (χ1) is 8.29. The normalized spacial score (nSPS) is 9.94. The topological polar surface area (TPSA) is 42.0 Å². The highest BCUT2D eigenvalue weighted by atomic mass is 16.1. The first-order valence-corrected chi connectivity index (χ1v) is 5.49. The van der Waals surface area contributed by atoms with Gasteiger partial charge in [-0.3, -0.25) is 9.78 Å². The molecule has 1 heterocycles. The standard InChI is InChI=1S/C14H14N2O/c1-15-14(17)10-11-2-4-12(5-3-11)13-6-8-16-9-7-13/h2-9H,10H2,1H3,(H,15,17). The second-order valence-corrected chi connectivity index (χ2v) is 3.78. The van der Waals surface area contributed by atoms with E-state index in [1.807, 2.05) is 36.4 Å². The molecule has 0 aliphatic carbocycles. The van der Waals surface area contributed by atoms with E-state index in [0.29, 0.717) is 6.42 Å². The Morgan fingerprint density at radius 3 is 2.24 bits per heavy atom. The number of nitrogens with zero attached hydrogens (tertiary/aromatic N) is 1. The van der Waals surface area contributed by atoms with Gasteiger partial charge in [0, 0.05) is 19.4 Å². The van der Waals surface area contributed by atoms with Crippen LogP contribution in [0.1, 0.15) is 5.56 Å². The van der Waals surface area contributed by atoms with Crippen LogP contribution in [0.3, 0.4) is 0 Å². The fourth-order valence-corrected chi connectivity index (χ4v) is 1.63. The molecule has 0 fully saturated rings. The van der Waals surface area contributed by atoms with E-state index in [2.05, 4.69) is 10.3 Å². The van der Waals surface area contributed by atoms with Gasteiger partial charge in [-0.15, -0.1) is 0 Å². The molecule has 0 unspecified atom stereocenters. The van der Waals surface area contributed by atoms with Crippen molar-refractivity contribution in [2.75, 3.05) is 7.05 Å². The number of rotatable bonds is 3. The van der Waals surface area contributed by atoms with E-state index in [0.717, 1.165) is 16.7 Å². The molecule has 0 aliphatic rings. The predicted molar refractivity (Wildman–Crippen MR) is 67.4 cm³/mol. The lowest BCUT2D eigenvalue weighted by Crippen LogP contribution is -2.19. The van der Waals surface area contributed by atoms with Gasteiger partial charge < -0.3 is 5.32 Å². The summed E-state index contributed by atoms with van der Waals surface area (Å²) in [4.78, 5) is 15.2. The first-order valence-electron chi connectivity index (χ1n) is 5.49. The second-order valence-electron chi connectivity index (χ2n) is 3.78. The molecule has 0 saturated heterocycles. The highest BCUT2D eigenvalue weighted by Crippen LogP contribution is 2.18.